The maximum atomic E-state index is 16.3. The summed E-state index contributed by atoms with van der Waals surface area (Å²) >= 11 is 0. The number of carboxylic acids is 1. The fourth-order valence-electron chi connectivity index (χ4n) is 4.60. The minimum absolute atomic E-state index is 0.172. The zero-order valence-corrected chi connectivity index (χ0v) is 25.6. The first-order chi connectivity index (χ1) is 20.3. The number of halogens is 1. The number of rotatable bonds is 11. The molecule has 14 heteroatoms. The number of carboxylic acid groups (broad SMARTS) is 1. The van der Waals surface area contributed by atoms with E-state index in [2.05, 4.69) is 5.10 Å². The van der Waals surface area contributed by atoms with E-state index in [1.54, 1.807) is 48.5 Å². The van der Waals surface area contributed by atoms with Crippen molar-refractivity contribution in [2.75, 3.05) is 47.4 Å². The van der Waals surface area contributed by atoms with E-state index in [1.165, 1.54) is 33.0 Å². The smallest absolute Gasteiger partial charge is 0.331 e. The number of methoxy groups -OCH3 is 2. The van der Waals surface area contributed by atoms with Crippen LogP contribution in [0.25, 0.3) is 0 Å². The molecule has 4 rings (SSSR count). The molecule has 0 radical (unpaired) electrons. The number of aromatic nitrogens is 2. The highest BCUT2D eigenvalue weighted by atomic mass is 32.2. The Balaban J connectivity index is 1.82. The maximum absolute atomic E-state index is 16.3. The van der Waals surface area contributed by atoms with Crippen molar-refractivity contribution in [2.24, 2.45) is 0 Å². The van der Waals surface area contributed by atoms with Crippen LogP contribution in [0.15, 0.2) is 53.6 Å². The summed E-state index contributed by atoms with van der Waals surface area (Å²) in [5.74, 6) is -2.50. The second-order valence-electron chi connectivity index (χ2n) is 10.8. The first-order valence-electron chi connectivity index (χ1n) is 13.6. The number of piperazine rings is 1. The lowest BCUT2D eigenvalue weighted by Gasteiger charge is -2.33. The van der Waals surface area contributed by atoms with Crippen molar-refractivity contribution in [2.45, 2.75) is 37.5 Å². The molecular formula is C29H36FN5O7S. The molecule has 2 aromatic carbocycles. The molecule has 3 aromatic rings. The van der Waals surface area contributed by atoms with Crippen LogP contribution in [0.1, 0.15) is 35.5 Å². The second kappa shape index (κ2) is 12.7. The van der Waals surface area contributed by atoms with Crippen LogP contribution in [-0.4, -0.2) is 96.7 Å². The zero-order chi connectivity index (χ0) is 31.5. The Morgan fingerprint density at radius 2 is 1.40 bits per heavy atom. The summed E-state index contributed by atoms with van der Waals surface area (Å²) in [5, 5.41) is 12.9. The number of amides is 1. The van der Waals surface area contributed by atoms with Crippen LogP contribution < -0.4 is 9.47 Å². The second-order valence-corrected chi connectivity index (χ2v) is 12.7. The van der Waals surface area contributed by atoms with Gasteiger partial charge in [-0.1, -0.05) is 24.3 Å². The highest BCUT2D eigenvalue weighted by Gasteiger charge is 2.43. The molecule has 0 bridgehead atoms. The lowest BCUT2D eigenvalue weighted by molar-refractivity contribution is -0.146. The number of benzene rings is 2. The van der Waals surface area contributed by atoms with Gasteiger partial charge in [-0.25, -0.2) is 22.3 Å². The van der Waals surface area contributed by atoms with E-state index >= 15 is 4.39 Å². The number of hydrogen-bond acceptors (Lipinski definition) is 8. The van der Waals surface area contributed by atoms with Crippen LogP contribution >= 0.6 is 0 Å². The SMILES string of the molecule is COc1ccc(CN(Cc2ccc(OC)cc2)S(=O)(=O)c2nn(C(C)(C)C(=O)O)c(C(=O)N3CCN(C)CC3)c2F)cc1. The molecule has 43 heavy (non-hydrogen) atoms. The normalized spacial score (nSPS) is 14.6. The number of carbonyl (C=O) groups excluding carboxylic acids is 1. The summed E-state index contributed by atoms with van der Waals surface area (Å²) in [6.07, 6.45) is 0. The van der Waals surface area contributed by atoms with Gasteiger partial charge in [-0.15, -0.1) is 0 Å². The minimum atomic E-state index is -4.73. The average Bonchev–Trinajstić information content (AvgIpc) is 3.36. The molecule has 2 heterocycles. The molecule has 1 aliphatic rings. The van der Waals surface area contributed by atoms with Gasteiger partial charge in [-0.2, -0.15) is 9.40 Å². The van der Waals surface area contributed by atoms with Gasteiger partial charge in [-0.05, 0) is 56.3 Å². The third-order valence-electron chi connectivity index (χ3n) is 7.46. The Morgan fingerprint density at radius 1 is 0.930 bits per heavy atom. The van der Waals surface area contributed by atoms with Crippen LogP contribution in [0.4, 0.5) is 4.39 Å². The number of hydrogen-bond donors (Lipinski definition) is 1. The molecule has 0 saturated carbocycles. The molecule has 1 saturated heterocycles. The van der Waals surface area contributed by atoms with Crippen molar-refractivity contribution in [3.8, 4) is 11.5 Å². The molecule has 1 aromatic heterocycles. The highest BCUT2D eigenvalue weighted by Crippen LogP contribution is 2.30. The Hall–Kier alpha value is -4.01. The molecule has 232 valence electrons. The van der Waals surface area contributed by atoms with Crippen LogP contribution in [0.3, 0.4) is 0 Å². The molecule has 1 aliphatic heterocycles. The summed E-state index contributed by atoms with van der Waals surface area (Å²) in [7, 11) is 0.168. The van der Waals surface area contributed by atoms with E-state index < -0.39 is 44.0 Å². The number of aliphatic carboxylic acids is 1. The Kier molecular flexibility index (Phi) is 9.42. The first-order valence-corrected chi connectivity index (χ1v) is 15.0. The molecular weight excluding hydrogens is 581 g/mol. The number of carbonyl (C=O) groups is 2. The van der Waals surface area contributed by atoms with Crippen LogP contribution in [0.5, 0.6) is 11.5 Å². The van der Waals surface area contributed by atoms with Crippen molar-refractivity contribution in [3.63, 3.8) is 0 Å². The fraction of sp³-hybridized carbons (Fsp3) is 0.414. The maximum Gasteiger partial charge on any atom is 0.331 e. The van der Waals surface area contributed by atoms with Gasteiger partial charge in [0.05, 0.1) is 14.2 Å². The number of likely N-dealkylation sites (N-methyl/N-ethyl adjacent to an activating group) is 1. The van der Waals surface area contributed by atoms with E-state index in [4.69, 9.17) is 9.47 Å². The third-order valence-corrected chi connectivity index (χ3v) is 9.15. The Labute approximate surface area is 250 Å². The average molecular weight is 618 g/mol. The van der Waals surface area contributed by atoms with Crippen LogP contribution in [0.2, 0.25) is 0 Å². The van der Waals surface area contributed by atoms with E-state index in [0.717, 1.165) is 4.31 Å². The summed E-state index contributed by atoms with van der Waals surface area (Å²) < 4.78 is 56.8. The van der Waals surface area contributed by atoms with Gasteiger partial charge < -0.3 is 24.4 Å². The number of nitrogens with zero attached hydrogens (tertiary/aromatic N) is 5. The summed E-state index contributed by atoms with van der Waals surface area (Å²) in [4.78, 5) is 29.2. The van der Waals surface area contributed by atoms with Gasteiger partial charge in [-0.3, -0.25) is 4.79 Å². The van der Waals surface area contributed by atoms with Crippen LogP contribution in [-0.2, 0) is 33.4 Å². The number of sulfonamides is 1. The van der Waals surface area contributed by atoms with Crippen molar-refractivity contribution < 1.29 is 37.0 Å². The van der Waals surface area contributed by atoms with Crippen molar-refractivity contribution in [1.82, 2.24) is 23.9 Å². The van der Waals surface area contributed by atoms with Gasteiger partial charge >= 0.3 is 5.97 Å². The molecule has 0 aliphatic carbocycles. The minimum Gasteiger partial charge on any atom is -0.497 e. The molecule has 1 fully saturated rings. The topological polar surface area (TPSA) is 135 Å². The lowest BCUT2D eigenvalue weighted by Crippen LogP contribution is -2.49. The Bertz CT molecular complexity index is 1520. The monoisotopic (exact) mass is 617 g/mol. The fourth-order valence-corrected chi connectivity index (χ4v) is 5.99. The summed E-state index contributed by atoms with van der Waals surface area (Å²) in [5.41, 5.74) is -1.50. The summed E-state index contributed by atoms with van der Waals surface area (Å²) in [6.45, 7) is 3.67. The standard InChI is InChI=1S/C29H36FN5O7S/c1-29(2,28(37)38)35-25(27(36)33-16-14-32(3)15-17-33)24(30)26(31-35)43(39,40)34(18-20-6-10-22(41-4)11-7-20)19-21-8-12-23(42-5)13-9-21/h6-13H,14-19H2,1-5H3,(H,37,38). The van der Waals surface area contributed by atoms with E-state index in [0.29, 0.717) is 40.4 Å². The van der Waals surface area contributed by atoms with Crippen molar-refractivity contribution in [1.29, 1.82) is 0 Å². The Morgan fingerprint density at radius 3 is 1.81 bits per heavy atom. The van der Waals surface area contributed by atoms with Crippen molar-refractivity contribution in [3.05, 3.63) is 71.2 Å². The van der Waals surface area contributed by atoms with Gasteiger partial charge in [0.2, 0.25) is 5.03 Å². The number of ether oxygens (including phenoxy) is 2. The molecule has 12 nitrogen and oxygen atoms in total. The van der Waals surface area contributed by atoms with E-state index in [9.17, 15) is 23.1 Å². The molecule has 0 unspecified atom stereocenters. The lowest BCUT2D eigenvalue weighted by atomic mass is 10.1. The summed E-state index contributed by atoms with van der Waals surface area (Å²) in [6, 6.07) is 13.4. The first kappa shape index (κ1) is 31.9. The largest absolute Gasteiger partial charge is 0.497 e. The highest BCUT2D eigenvalue weighted by molar-refractivity contribution is 7.89. The predicted molar refractivity (Wildman–Crippen MR) is 155 cm³/mol. The molecule has 0 atom stereocenters. The van der Waals surface area contributed by atoms with Gasteiger partial charge in [0.25, 0.3) is 15.9 Å². The molecule has 1 amide bonds. The molecule has 0 spiro atoms. The van der Waals surface area contributed by atoms with Gasteiger partial charge in [0, 0.05) is 39.3 Å². The van der Waals surface area contributed by atoms with E-state index in [1.807, 2.05) is 11.9 Å². The van der Waals surface area contributed by atoms with Gasteiger partial charge in [0.15, 0.2) is 17.1 Å². The molecule has 1 N–H and O–H groups in total. The van der Waals surface area contributed by atoms with E-state index in [-0.39, 0.29) is 26.2 Å². The van der Waals surface area contributed by atoms with Gasteiger partial charge in [0.1, 0.15) is 11.5 Å². The zero-order valence-electron chi connectivity index (χ0n) is 24.8. The quantitative estimate of drug-likeness (QED) is 0.345. The van der Waals surface area contributed by atoms with Crippen molar-refractivity contribution >= 4 is 21.9 Å². The van der Waals surface area contributed by atoms with Crippen LogP contribution in [0, 0.1) is 5.82 Å². The predicted octanol–water partition coefficient (Wildman–Crippen LogP) is 2.64. The third kappa shape index (κ3) is 6.65.